The van der Waals surface area contributed by atoms with Gasteiger partial charge < -0.3 is 0 Å². The lowest BCUT2D eigenvalue weighted by molar-refractivity contribution is 0.403. The largest absolute Gasteiger partial charge is 0.255 e. The lowest BCUT2D eigenvalue weighted by atomic mass is 9.89. The number of aromatic nitrogens is 3. The van der Waals surface area contributed by atoms with Gasteiger partial charge in [-0.25, -0.2) is 0 Å². The number of fused-ring (bicyclic) bond motifs is 2. The molecule has 1 heterocycles. The third kappa shape index (κ3) is 1.91. The number of allylic oxidation sites excluding steroid dienone is 2. The Hall–Kier alpha value is -1.12. The fourth-order valence-corrected chi connectivity index (χ4v) is 3.28. The second-order valence-corrected chi connectivity index (χ2v) is 5.32. The molecule has 3 rings (SSSR count). The van der Waals surface area contributed by atoms with Gasteiger partial charge in [0.1, 0.15) is 0 Å². The molecule has 3 unspecified atom stereocenters. The summed E-state index contributed by atoms with van der Waals surface area (Å²) in [5.41, 5.74) is 1.14. The van der Waals surface area contributed by atoms with Crippen molar-refractivity contribution in [3.63, 3.8) is 0 Å². The topological polar surface area (TPSA) is 30.7 Å². The van der Waals surface area contributed by atoms with Crippen molar-refractivity contribution in [2.75, 3.05) is 0 Å². The van der Waals surface area contributed by atoms with E-state index in [1.54, 1.807) is 4.68 Å². The quantitative estimate of drug-likeness (QED) is 0.725. The maximum Gasteiger partial charge on any atom is 0.0827 e. The van der Waals surface area contributed by atoms with Gasteiger partial charge >= 0.3 is 0 Å². The first-order valence-corrected chi connectivity index (χ1v) is 6.35. The van der Waals surface area contributed by atoms with Crippen LogP contribution < -0.4 is 0 Å². The minimum Gasteiger partial charge on any atom is -0.255 e. The Morgan fingerprint density at radius 3 is 2.94 bits per heavy atom. The molecule has 2 aliphatic carbocycles. The van der Waals surface area contributed by atoms with Gasteiger partial charge in [-0.15, -0.1) is 5.10 Å². The Balaban J connectivity index is 1.46. The second kappa shape index (κ2) is 4.04. The van der Waals surface area contributed by atoms with E-state index in [1.165, 1.54) is 25.7 Å². The smallest absolute Gasteiger partial charge is 0.0827 e. The zero-order valence-electron chi connectivity index (χ0n) is 9.84. The average Bonchev–Trinajstić information content (AvgIpc) is 2.94. The summed E-state index contributed by atoms with van der Waals surface area (Å²) < 4.78 is 1.79. The molecule has 0 N–H and O–H groups in total. The van der Waals surface area contributed by atoms with Gasteiger partial charge in [0.25, 0.3) is 0 Å². The Bertz CT molecular complexity index is 394. The summed E-state index contributed by atoms with van der Waals surface area (Å²) in [4.78, 5) is 0. The van der Waals surface area contributed by atoms with Crippen molar-refractivity contribution in [1.82, 2.24) is 15.0 Å². The number of hydrogen-bond donors (Lipinski definition) is 0. The first-order valence-electron chi connectivity index (χ1n) is 6.35. The predicted molar refractivity (Wildman–Crippen MR) is 62.8 cm³/mol. The monoisotopic (exact) mass is 217 g/mol. The Morgan fingerprint density at radius 2 is 2.31 bits per heavy atom. The van der Waals surface area contributed by atoms with E-state index in [1.807, 2.05) is 13.2 Å². The van der Waals surface area contributed by atoms with Gasteiger partial charge in [0.2, 0.25) is 0 Å². The molecule has 3 heteroatoms. The van der Waals surface area contributed by atoms with E-state index in [2.05, 4.69) is 22.5 Å². The SMILES string of the molecule is Cn1cc(CCCC2CC3C=CC2C3)nn1. The number of aryl methyl sites for hydroxylation is 2. The summed E-state index contributed by atoms with van der Waals surface area (Å²) >= 11 is 0. The molecule has 16 heavy (non-hydrogen) atoms. The lowest BCUT2D eigenvalue weighted by Gasteiger charge is -2.17. The van der Waals surface area contributed by atoms with Crippen LogP contribution in [0.1, 0.15) is 31.4 Å². The Kier molecular flexibility index (Phi) is 2.54. The van der Waals surface area contributed by atoms with Crippen LogP contribution in [0.2, 0.25) is 0 Å². The molecule has 3 nitrogen and oxygen atoms in total. The molecule has 1 fully saturated rings. The highest BCUT2D eigenvalue weighted by molar-refractivity contribution is 5.10. The minimum absolute atomic E-state index is 0.895. The van der Waals surface area contributed by atoms with E-state index in [9.17, 15) is 0 Å². The number of hydrogen-bond acceptors (Lipinski definition) is 2. The molecule has 1 aromatic heterocycles. The van der Waals surface area contributed by atoms with E-state index in [0.29, 0.717) is 0 Å². The summed E-state index contributed by atoms with van der Waals surface area (Å²) in [6.07, 6.45) is 13.5. The maximum absolute atomic E-state index is 4.13. The normalized spacial score (nSPS) is 31.4. The third-order valence-electron chi connectivity index (χ3n) is 4.07. The van der Waals surface area contributed by atoms with Crippen molar-refractivity contribution in [2.45, 2.75) is 32.1 Å². The zero-order valence-corrected chi connectivity index (χ0v) is 9.84. The first kappa shape index (κ1) is 10.1. The molecule has 3 atom stereocenters. The molecular weight excluding hydrogens is 198 g/mol. The summed E-state index contributed by atoms with van der Waals surface area (Å²) in [5, 5.41) is 8.09. The van der Waals surface area contributed by atoms with Crippen molar-refractivity contribution in [3.8, 4) is 0 Å². The molecule has 0 spiro atoms. The third-order valence-corrected chi connectivity index (χ3v) is 4.07. The summed E-state index contributed by atoms with van der Waals surface area (Å²) in [7, 11) is 1.93. The molecule has 1 aromatic rings. The molecule has 2 aliphatic rings. The highest BCUT2D eigenvalue weighted by Gasteiger charge is 2.34. The van der Waals surface area contributed by atoms with E-state index < -0.39 is 0 Å². The van der Waals surface area contributed by atoms with E-state index in [4.69, 9.17) is 0 Å². The van der Waals surface area contributed by atoms with E-state index >= 15 is 0 Å². The predicted octanol–water partition coefficient (Wildman–Crippen LogP) is 2.35. The van der Waals surface area contributed by atoms with Crippen LogP contribution >= 0.6 is 0 Å². The maximum atomic E-state index is 4.13. The van der Waals surface area contributed by atoms with Crippen LogP contribution in [0, 0.1) is 17.8 Å². The summed E-state index contributed by atoms with van der Waals surface area (Å²) in [5.74, 6) is 2.75. The van der Waals surface area contributed by atoms with Crippen LogP contribution in [-0.2, 0) is 13.5 Å². The van der Waals surface area contributed by atoms with Gasteiger partial charge in [-0.2, -0.15) is 0 Å². The second-order valence-electron chi connectivity index (χ2n) is 5.32. The Labute approximate surface area is 96.5 Å². The molecule has 0 aliphatic heterocycles. The zero-order chi connectivity index (χ0) is 11.0. The molecule has 0 amide bonds. The summed E-state index contributed by atoms with van der Waals surface area (Å²) in [6.45, 7) is 0. The van der Waals surface area contributed by atoms with Crippen LogP contribution in [0.25, 0.3) is 0 Å². The average molecular weight is 217 g/mol. The van der Waals surface area contributed by atoms with E-state index in [-0.39, 0.29) is 0 Å². The lowest BCUT2D eigenvalue weighted by Crippen LogP contribution is -2.07. The van der Waals surface area contributed by atoms with Crippen LogP contribution in [0.3, 0.4) is 0 Å². The summed E-state index contributed by atoms with van der Waals surface area (Å²) in [6, 6.07) is 0. The molecule has 0 aromatic carbocycles. The van der Waals surface area contributed by atoms with Gasteiger partial charge in [-0.3, -0.25) is 4.68 Å². The number of nitrogens with zero attached hydrogens (tertiary/aromatic N) is 3. The van der Waals surface area contributed by atoms with Crippen molar-refractivity contribution in [2.24, 2.45) is 24.8 Å². The van der Waals surface area contributed by atoms with Crippen LogP contribution in [0.5, 0.6) is 0 Å². The molecule has 0 saturated heterocycles. The fourth-order valence-electron chi connectivity index (χ4n) is 3.28. The van der Waals surface area contributed by atoms with Crippen molar-refractivity contribution >= 4 is 0 Å². The van der Waals surface area contributed by atoms with Crippen molar-refractivity contribution in [1.29, 1.82) is 0 Å². The first-order chi connectivity index (χ1) is 7.81. The molecule has 2 bridgehead atoms. The van der Waals surface area contributed by atoms with Crippen LogP contribution in [-0.4, -0.2) is 15.0 Å². The van der Waals surface area contributed by atoms with Gasteiger partial charge in [-0.1, -0.05) is 17.4 Å². The fraction of sp³-hybridized carbons (Fsp3) is 0.692. The molecular formula is C13H19N3. The highest BCUT2D eigenvalue weighted by Crippen LogP contribution is 2.45. The molecule has 86 valence electrons. The van der Waals surface area contributed by atoms with Gasteiger partial charge in [0, 0.05) is 13.2 Å². The minimum atomic E-state index is 0.895. The Morgan fingerprint density at radius 1 is 1.38 bits per heavy atom. The van der Waals surface area contributed by atoms with Gasteiger partial charge in [-0.05, 0) is 49.9 Å². The standard InChI is InChI=1S/C13H19N3/c1-16-9-13(14-15-16)4-2-3-11-7-10-5-6-12(11)8-10/h5-6,9-12H,2-4,7-8H2,1H3. The molecule has 0 radical (unpaired) electrons. The molecule has 1 saturated carbocycles. The van der Waals surface area contributed by atoms with Crippen LogP contribution in [0.4, 0.5) is 0 Å². The number of rotatable bonds is 4. The highest BCUT2D eigenvalue weighted by atomic mass is 15.4. The van der Waals surface area contributed by atoms with Gasteiger partial charge in [0.15, 0.2) is 0 Å². The van der Waals surface area contributed by atoms with Crippen molar-refractivity contribution in [3.05, 3.63) is 24.0 Å². The van der Waals surface area contributed by atoms with Crippen LogP contribution in [0.15, 0.2) is 18.3 Å². The van der Waals surface area contributed by atoms with Gasteiger partial charge in [0.05, 0.1) is 5.69 Å². The van der Waals surface area contributed by atoms with E-state index in [0.717, 1.165) is 29.9 Å². The van der Waals surface area contributed by atoms with Crippen molar-refractivity contribution < 1.29 is 0 Å².